The lowest BCUT2D eigenvalue weighted by atomic mass is 10.3. The highest BCUT2D eigenvalue weighted by molar-refractivity contribution is 5.87. The summed E-state index contributed by atoms with van der Waals surface area (Å²) in [4.78, 5) is 16.0. The molecule has 7 nitrogen and oxygen atoms in total. The lowest BCUT2D eigenvalue weighted by Crippen LogP contribution is -2.04. The van der Waals surface area contributed by atoms with Gasteiger partial charge in [0.1, 0.15) is 11.4 Å². The normalized spacial score (nSPS) is 10.8. The second-order valence-electron chi connectivity index (χ2n) is 4.22. The van der Waals surface area contributed by atoms with Crippen molar-refractivity contribution in [3.8, 4) is 11.6 Å². The second kappa shape index (κ2) is 5.87. The number of carbonyl (C=O) groups is 1. The monoisotopic (exact) mass is 279 g/mol. The van der Waals surface area contributed by atoms with Gasteiger partial charge in [0, 0.05) is 14.2 Å². The van der Waals surface area contributed by atoms with Gasteiger partial charge in [0.05, 0.1) is 19.4 Å². The quantitative estimate of drug-likeness (QED) is 0.773. The summed E-state index contributed by atoms with van der Waals surface area (Å²) in [5.41, 5.74) is 2.04. The van der Waals surface area contributed by atoms with E-state index in [1.807, 2.05) is 13.0 Å². The fourth-order valence-electron chi connectivity index (χ4n) is 1.85. The van der Waals surface area contributed by atoms with Crippen LogP contribution in [-0.2, 0) is 29.5 Å². The van der Waals surface area contributed by atoms with Crippen LogP contribution < -0.4 is 0 Å². The number of rotatable bonds is 5. The van der Waals surface area contributed by atoms with Crippen LogP contribution in [0.1, 0.15) is 28.9 Å². The highest BCUT2D eigenvalue weighted by atomic mass is 16.5. The van der Waals surface area contributed by atoms with Gasteiger partial charge in [0.15, 0.2) is 0 Å². The molecule has 2 aromatic heterocycles. The third-order valence-electron chi connectivity index (χ3n) is 2.86. The van der Waals surface area contributed by atoms with E-state index in [0.29, 0.717) is 17.3 Å². The molecule has 7 heteroatoms. The number of oxazole rings is 1. The van der Waals surface area contributed by atoms with Gasteiger partial charge in [-0.15, -0.1) is 0 Å². The Hall–Kier alpha value is -2.15. The van der Waals surface area contributed by atoms with Gasteiger partial charge < -0.3 is 13.9 Å². The topological polar surface area (TPSA) is 79.4 Å². The third kappa shape index (κ3) is 2.57. The molecule has 0 N–H and O–H groups in total. The summed E-state index contributed by atoms with van der Waals surface area (Å²) >= 11 is 0. The van der Waals surface area contributed by atoms with Crippen molar-refractivity contribution >= 4 is 5.97 Å². The Bertz CT molecular complexity index is 615. The van der Waals surface area contributed by atoms with Gasteiger partial charge in [-0.3, -0.25) is 4.68 Å². The molecule has 0 unspecified atom stereocenters. The number of hydrogen-bond acceptors (Lipinski definition) is 6. The first-order chi connectivity index (χ1) is 9.60. The lowest BCUT2D eigenvalue weighted by Gasteiger charge is -1.96. The molecule has 20 heavy (non-hydrogen) atoms. The Morgan fingerprint density at radius 2 is 2.20 bits per heavy atom. The van der Waals surface area contributed by atoms with Crippen molar-refractivity contribution in [2.75, 3.05) is 14.2 Å². The number of ether oxygens (including phenoxy) is 2. The van der Waals surface area contributed by atoms with Crippen LogP contribution in [0, 0.1) is 0 Å². The van der Waals surface area contributed by atoms with Crippen LogP contribution in [0.2, 0.25) is 0 Å². The third-order valence-corrected chi connectivity index (χ3v) is 2.86. The summed E-state index contributed by atoms with van der Waals surface area (Å²) in [5.74, 6) is -0.190. The van der Waals surface area contributed by atoms with E-state index >= 15 is 0 Å². The molecule has 108 valence electrons. The zero-order chi connectivity index (χ0) is 14.7. The fraction of sp³-hybridized carbons (Fsp3) is 0.462. The van der Waals surface area contributed by atoms with Gasteiger partial charge >= 0.3 is 5.97 Å². The van der Waals surface area contributed by atoms with Crippen LogP contribution in [0.5, 0.6) is 0 Å². The largest absolute Gasteiger partial charge is 0.463 e. The van der Waals surface area contributed by atoms with Crippen molar-refractivity contribution in [2.45, 2.75) is 20.0 Å². The maximum Gasteiger partial charge on any atom is 0.376 e. The number of esters is 1. The Morgan fingerprint density at radius 3 is 2.75 bits per heavy atom. The van der Waals surface area contributed by atoms with Crippen molar-refractivity contribution < 1.29 is 18.7 Å². The zero-order valence-electron chi connectivity index (χ0n) is 12.0. The van der Waals surface area contributed by atoms with Gasteiger partial charge in [0.2, 0.25) is 11.7 Å². The molecule has 0 saturated heterocycles. The van der Waals surface area contributed by atoms with Gasteiger partial charge in [-0.2, -0.15) is 5.10 Å². The van der Waals surface area contributed by atoms with E-state index in [2.05, 4.69) is 14.8 Å². The SMILES string of the molecule is CCc1cc(-c2nc(COC)c(C(=O)OC)o2)n(C)n1. The van der Waals surface area contributed by atoms with E-state index < -0.39 is 5.97 Å². The Kier molecular flexibility index (Phi) is 4.19. The summed E-state index contributed by atoms with van der Waals surface area (Å²) in [6.45, 7) is 2.18. The fourth-order valence-corrected chi connectivity index (χ4v) is 1.85. The number of carbonyl (C=O) groups excluding carboxylic acids is 1. The van der Waals surface area contributed by atoms with Gasteiger partial charge in [-0.05, 0) is 12.5 Å². The van der Waals surface area contributed by atoms with Crippen LogP contribution in [0.3, 0.4) is 0 Å². The molecular weight excluding hydrogens is 262 g/mol. The highest BCUT2D eigenvalue weighted by Gasteiger charge is 2.23. The summed E-state index contributed by atoms with van der Waals surface area (Å²) in [6, 6.07) is 1.88. The van der Waals surface area contributed by atoms with Gasteiger partial charge in [-0.25, -0.2) is 9.78 Å². The molecule has 0 spiro atoms. The molecule has 0 radical (unpaired) electrons. The second-order valence-corrected chi connectivity index (χ2v) is 4.22. The number of aryl methyl sites for hydroxylation is 2. The average molecular weight is 279 g/mol. The smallest absolute Gasteiger partial charge is 0.376 e. The maximum absolute atomic E-state index is 11.7. The number of hydrogen-bond donors (Lipinski definition) is 0. The molecule has 0 aliphatic heterocycles. The van der Waals surface area contributed by atoms with E-state index in [-0.39, 0.29) is 12.4 Å². The van der Waals surface area contributed by atoms with E-state index in [1.165, 1.54) is 14.2 Å². The van der Waals surface area contributed by atoms with Crippen molar-refractivity contribution in [3.05, 3.63) is 23.2 Å². The standard InChI is InChI=1S/C13H17N3O4/c1-5-8-6-10(16(2)15-8)12-14-9(7-18-3)11(20-12)13(17)19-4/h6H,5,7H2,1-4H3. The molecule has 0 atom stereocenters. The summed E-state index contributed by atoms with van der Waals surface area (Å²) in [5, 5.41) is 4.32. The average Bonchev–Trinajstić information content (AvgIpc) is 3.02. The van der Waals surface area contributed by atoms with Crippen molar-refractivity contribution in [2.24, 2.45) is 7.05 Å². The first-order valence-electron chi connectivity index (χ1n) is 6.20. The van der Waals surface area contributed by atoms with Crippen molar-refractivity contribution in [1.82, 2.24) is 14.8 Å². The molecule has 0 aromatic carbocycles. The van der Waals surface area contributed by atoms with E-state index in [9.17, 15) is 4.79 Å². The molecule has 0 amide bonds. The first-order valence-corrected chi connectivity index (χ1v) is 6.20. The van der Waals surface area contributed by atoms with Gasteiger partial charge in [-0.1, -0.05) is 6.92 Å². The molecule has 0 aliphatic rings. The molecule has 0 bridgehead atoms. The van der Waals surface area contributed by atoms with Crippen molar-refractivity contribution in [3.63, 3.8) is 0 Å². The van der Waals surface area contributed by atoms with Crippen molar-refractivity contribution in [1.29, 1.82) is 0 Å². The molecule has 2 aromatic rings. The molecule has 2 heterocycles. The Balaban J connectivity index is 2.46. The molecule has 2 rings (SSSR count). The summed E-state index contributed by atoms with van der Waals surface area (Å²) < 4.78 is 16.9. The Labute approximate surface area is 116 Å². The lowest BCUT2D eigenvalue weighted by molar-refractivity contribution is 0.0559. The minimum Gasteiger partial charge on any atom is -0.463 e. The molecule has 0 aliphatic carbocycles. The molecule has 0 saturated carbocycles. The van der Waals surface area contributed by atoms with E-state index in [4.69, 9.17) is 9.15 Å². The van der Waals surface area contributed by atoms with Crippen LogP contribution in [-0.4, -0.2) is 35.0 Å². The highest BCUT2D eigenvalue weighted by Crippen LogP contribution is 2.23. The van der Waals surface area contributed by atoms with Crippen LogP contribution in [0.15, 0.2) is 10.5 Å². The van der Waals surface area contributed by atoms with E-state index in [1.54, 1.807) is 11.7 Å². The Morgan fingerprint density at radius 1 is 1.45 bits per heavy atom. The molecular formula is C13H17N3O4. The van der Waals surface area contributed by atoms with Crippen LogP contribution >= 0.6 is 0 Å². The first kappa shape index (κ1) is 14.3. The van der Waals surface area contributed by atoms with Gasteiger partial charge in [0.25, 0.3) is 0 Å². The zero-order valence-corrected chi connectivity index (χ0v) is 12.0. The minimum atomic E-state index is -0.575. The summed E-state index contributed by atoms with van der Waals surface area (Å²) in [7, 11) is 4.61. The number of methoxy groups -OCH3 is 2. The number of aromatic nitrogens is 3. The maximum atomic E-state index is 11.7. The van der Waals surface area contributed by atoms with Crippen LogP contribution in [0.4, 0.5) is 0 Å². The minimum absolute atomic E-state index is 0.0589. The van der Waals surface area contributed by atoms with E-state index in [0.717, 1.165) is 12.1 Å². The predicted molar refractivity (Wildman–Crippen MR) is 70.1 cm³/mol. The number of nitrogens with zero attached hydrogens (tertiary/aromatic N) is 3. The molecule has 0 fully saturated rings. The van der Waals surface area contributed by atoms with Crippen LogP contribution in [0.25, 0.3) is 11.6 Å². The predicted octanol–water partition coefficient (Wildman–Crippen LogP) is 1.57. The summed E-state index contributed by atoms with van der Waals surface area (Å²) in [6.07, 6.45) is 0.809.